The van der Waals surface area contributed by atoms with Crippen molar-refractivity contribution in [3.05, 3.63) is 34.6 Å². The zero-order chi connectivity index (χ0) is 16.4. The highest BCUT2D eigenvalue weighted by atomic mass is 35.5. The number of nitrogens with one attached hydrogen (secondary N) is 1. The van der Waals surface area contributed by atoms with Crippen LogP contribution in [-0.4, -0.2) is 35.5 Å². The van der Waals surface area contributed by atoms with E-state index in [2.05, 4.69) is 24.1 Å². The molecule has 3 N–H and O–H groups in total. The molecule has 0 radical (unpaired) electrons. The van der Waals surface area contributed by atoms with Gasteiger partial charge in [0, 0.05) is 18.6 Å². The van der Waals surface area contributed by atoms with Gasteiger partial charge in [-0.3, -0.25) is 9.69 Å². The van der Waals surface area contributed by atoms with Crippen LogP contribution in [0.25, 0.3) is 0 Å². The molecule has 1 aliphatic heterocycles. The van der Waals surface area contributed by atoms with Gasteiger partial charge >= 0.3 is 0 Å². The molecule has 0 saturated carbocycles. The second-order valence-corrected chi connectivity index (χ2v) is 6.55. The van der Waals surface area contributed by atoms with Crippen LogP contribution in [0.5, 0.6) is 0 Å². The molecular weight excluding hydrogens is 305 g/mol. The standard InChI is InChI=1S/C16H23ClFN3O/c1-9(2)21-7-6-14(20-16(22)10(3)19)15(21)11-4-5-12(17)13(18)8-11/h4-5,8-10,14-15H,6-7,19H2,1-3H3,(H,20,22). The minimum absolute atomic E-state index is 0.0746. The third-order valence-electron chi connectivity index (χ3n) is 4.13. The molecule has 0 aliphatic carbocycles. The average Bonchev–Trinajstić information content (AvgIpc) is 2.85. The molecule has 1 saturated heterocycles. The van der Waals surface area contributed by atoms with Gasteiger partial charge in [0.2, 0.25) is 5.91 Å². The van der Waals surface area contributed by atoms with Gasteiger partial charge in [-0.25, -0.2) is 4.39 Å². The first-order chi connectivity index (χ1) is 10.3. The van der Waals surface area contributed by atoms with E-state index in [9.17, 15) is 9.18 Å². The highest BCUT2D eigenvalue weighted by molar-refractivity contribution is 6.30. The summed E-state index contributed by atoms with van der Waals surface area (Å²) in [4.78, 5) is 14.2. The van der Waals surface area contributed by atoms with E-state index in [1.54, 1.807) is 13.0 Å². The highest BCUT2D eigenvalue weighted by Gasteiger charge is 2.37. The fraction of sp³-hybridized carbons (Fsp3) is 0.562. The van der Waals surface area contributed by atoms with Gasteiger partial charge in [0.25, 0.3) is 0 Å². The molecule has 0 spiro atoms. The van der Waals surface area contributed by atoms with Crippen LogP contribution in [0.1, 0.15) is 38.8 Å². The first-order valence-corrected chi connectivity index (χ1v) is 7.95. The monoisotopic (exact) mass is 327 g/mol. The van der Waals surface area contributed by atoms with Crippen molar-refractivity contribution in [1.29, 1.82) is 0 Å². The summed E-state index contributed by atoms with van der Waals surface area (Å²) in [6.45, 7) is 6.68. The van der Waals surface area contributed by atoms with Crippen molar-refractivity contribution in [2.75, 3.05) is 6.54 Å². The molecule has 3 unspecified atom stereocenters. The second-order valence-electron chi connectivity index (χ2n) is 6.14. The number of carbonyl (C=O) groups excluding carboxylic acids is 1. The Labute approximate surface area is 135 Å². The number of rotatable bonds is 4. The second kappa shape index (κ2) is 6.94. The summed E-state index contributed by atoms with van der Waals surface area (Å²) in [6.07, 6.45) is 0.811. The normalized spacial score (nSPS) is 23.8. The van der Waals surface area contributed by atoms with Crippen molar-refractivity contribution >= 4 is 17.5 Å². The molecule has 1 aromatic carbocycles. The minimum Gasteiger partial charge on any atom is -0.350 e. The lowest BCUT2D eigenvalue weighted by Gasteiger charge is -2.32. The molecule has 2 rings (SSSR count). The van der Waals surface area contributed by atoms with Gasteiger partial charge in [-0.05, 0) is 44.9 Å². The first kappa shape index (κ1) is 17.2. The van der Waals surface area contributed by atoms with E-state index in [1.807, 2.05) is 6.07 Å². The van der Waals surface area contributed by atoms with E-state index in [0.29, 0.717) is 6.04 Å². The van der Waals surface area contributed by atoms with Crippen LogP contribution >= 0.6 is 11.6 Å². The zero-order valence-corrected chi connectivity index (χ0v) is 13.9. The maximum absolute atomic E-state index is 13.8. The van der Waals surface area contributed by atoms with Gasteiger partial charge in [-0.2, -0.15) is 0 Å². The summed E-state index contributed by atoms with van der Waals surface area (Å²) in [5.74, 6) is -0.623. The van der Waals surface area contributed by atoms with E-state index in [-0.39, 0.29) is 23.0 Å². The van der Waals surface area contributed by atoms with Crippen LogP contribution in [0.15, 0.2) is 18.2 Å². The van der Waals surface area contributed by atoms with Gasteiger partial charge in [0.05, 0.1) is 17.1 Å². The molecule has 22 heavy (non-hydrogen) atoms. The number of hydrogen-bond donors (Lipinski definition) is 2. The molecule has 3 atom stereocenters. The molecule has 1 aromatic rings. The topological polar surface area (TPSA) is 58.4 Å². The zero-order valence-electron chi connectivity index (χ0n) is 13.1. The summed E-state index contributed by atoms with van der Waals surface area (Å²) in [5, 5.41) is 3.09. The van der Waals surface area contributed by atoms with E-state index >= 15 is 0 Å². The summed E-state index contributed by atoms with van der Waals surface area (Å²) in [5.41, 5.74) is 6.46. The number of benzene rings is 1. The molecule has 0 aromatic heterocycles. The average molecular weight is 328 g/mol. The lowest BCUT2D eigenvalue weighted by Crippen LogP contribution is -2.46. The van der Waals surface area contributed by atoms with E-state index in [4.69, 9.17) is 17.3 Å². The Morgan fingerprint density at radius 2 is 2.14 bits per heavy atom. The van der Waals surface area contributed by atoms with Crippen molar-refractivity contribution in [2.45, 2.75) is 51.4 Å². The third-order valence-corrected chi connectivity index (χ3v) is 4.43. The van der Waals surface area contributed by atoms with Crippen LogP contribution in [-0.2, 0) is 4.79 Å². The van der Waals surface area contributed by atoms with Crippen LogP contribution in [0.3, 0.4) is 0 Å². The summed E-state index contributed by atoms with van der Waals surface area (Å²) in [7, 11) is 0. The minimum atomic E-state index is -0.560. The highest BCUT2D eigenvalue weighted by Crippen LogP contribution is 2.35. The lowest BCUT2D eigenvalue weighted by atomic mass is 9.99. The number of likely N-dealkylation sites (tertiary alicyclic amines) is 1. The Morgan fingerprint density at radius 3 is 2.68 bits per heavy atom. The summed E-state index contributed by atoms with van der Waals surface area (Å²) >= 11 is 5.77. The number of nitrogens with two attached hydrogens (primary N) is 1. The Bertz CT molecular complexity index is 550. The summed E-state index contributed by atoms with van der Waals surface area (Å²) in [6, 6.07) is 4.42. The van der Waals surface area contributed by atoms with Gasteiger partial charge in [0.15, 0.2) is 0 Å². The van der Waals surface area contributed by atoms with Gasteiger partial charge < -0.3 is 11.1 Å². The van der Waals surface area contributed by atoms with Crippen molar-refractivity contribution in [3.63, 3.8) is 0 Å². The number of carbonyl (C=O) groups is 1. The molecule has 122 valence electrons. The molecule has 4 nitrogen and oxygen atoms in total. The number of halogens is 2. The number of nitrogens with zero attached hydrogens (tertiary/aromatic N) is 1. The van der Waals surface area contributed by atoms with E-state index < -0.39 is 11.9 Å². The maximum Gasteiger partial charge on any atom is 0.236 e. The summed E-state index contributed by atoms with van der Waals surface area (Å²) < 4.78 is 13.8. The van der Waals surface area contributed by atoms with Crippen molar-refractivity contribution in [3.8, 4) is 0 Å². The molecule has 6 heteroatoms. The molecule has 1 aliphatic rings. The van der Waals surface area contributed by atoms with Crippen molar-refractivity contribution < 1.29 is 9.18 Å². The lowest BCUT2D eigenvalue weighted by molar-refractivity contribution is -0.122. The Morgan fingerprint density at radius 1 is 1.45 bits per heavy atom. The number of hydrogen-bond acceptors (Lipinski definition) is 3. The quantitative estimate of drug-likeness (QED) is 0.893. The van der Waals surface area contributed by atoms with Crippen LogP contribution in [0.4, 0.5) is 4.39 Å². The van der Waals surface area contributed by atoms with Gasteiger partial charge in [0.1, 0.15) is 5.82 Å². The third kappa shape index (κ3) is 3.59. The van der Waals surface area contributed by atoms with Crippen LogP contribution in [0, 0.1) is 5.82 Å². The van der Waals surface area contributed by atoms with E-state index in [0.717, 1.165) is 18.5 Å². The Kier molecular flexibility index (Phi) is 5.42. The number of amides is 1. The molecule has 0 bridgehead atoms. The molecule has 1 amide bonds. The predicted molar refractivity (Wildman–Crippen MR) is 86.2 cm³/mol. The fourth-order valence-corrected chi connectivity index (χ4v) is 3.10. The van der Waals surface area contributed by atoms with Crippen molar-refractivity contribution in [2.24, 2.45) is 5.73 Å². The van der Waals surface area contributed by atoms with Crippen LogP contribution in [0.2, 0.25) is 5.02 Å². The van der Waals surface area contributed by atoms with Gasteiger partial charge in [-0.15, -0.1) is 0 Å². The first-order valence-electron chi connectivity index (χ1n) is 7.58. The fourth-order valence-electron chi connectivity index (χ4n) is 2.98. The smallest absolute Gasteiger partial charge is 0.236 e. The van der Waals surface area contributed by atoms with Crippen LogP contribution < -0.4 is 11.1 Å². The van der Waals surface area contributed by atoms with Gasteiger partial charge in [-0.1, -0.05) is 17.7 Å². The molecular formula is C16H23ClFN3O. The largest absolute Gasteiger partial charge is 0.350 e. The SMILES string of the molecule is CC(N)C(=O)NC1CCN(C(C)C)C1c1ccc(Cl)c(F)c1. The predicted octanol–water partition coefficient (Wildman–Crippen LogP) is 2.47. The maximum atomic E-state index is 13.8. The molecule has 1 heterocycles. The molecule has 1 fully saturated rings. The Hall–Kier alpha value is -1.17. The Balaban J connectivity index is 2.30. The van der Waals surface area contributed by atoms with E-state index in [1.165, 1.54) is 6.07 Å². The van der Waals surface area contributed by atoms with Crippen molar-refractivity contribution in [1.82, 2.24) is 10.2 Å².